The topological polar surface area (TPSA) is 75.7 Å². The first-order chi connectivity index (χ1) is 14.5. The minimum absolute atomic E-state index is 0.128. The minimum Gasteiger partial charge on any atom is -0.496 e. The molecule has 0 spiro atoms. The maximum atomic E-state index is 13.2. The fourth-order valence-corrected chi connectivity index (χ4v) is 5.34. The molecule has 1 atom stereocenters. The van der Waals surface area contributed by atoms with E-state index < -0.39 is 10.0 Å². The zero-order valence-corrected chi connectivity index (χ0v) is 18.5. The highest BCUT2D eigenvalue weighted by atomic mass is 32.2. The van der Waals surface area contributed by atoms with Crippen molar-refractivity contribution in [1.29, 1.82) is 0 Å². The van der Waals surface area contributed by atoms with E-state index in [9.17, 15) is 13.2 Å². The van der Waals surface area contributed by atoms with E-state index in [0.29, 0.717) is 25.3 Å². The molecule has 1 saturated heterocycles. The van der Waals surface area contributed by atoms with Crippen LogP contribution in [0.4, 0.5) is 0 Å². The van der Waals surface area contributed by atoms with E-state index in [1.54, 1.807) is 6.07 Å². The van der Waals surface area contributed by atoms with Gasteiger partial charge in [0.2, 0.25) is 10.0 Å². The number of rotatable bonds is 7. The van der Waals surface area contributed by atoms with Gasteiger partial charge >= 0.3 is 0 Å². The lowest BCUT2D eigenvalue weighted by atomic mass is 10.0. The van der Waals surface area contributed by atoms with Gasteiger partial charge in [-0.05, 0) is 43.0 Å². The number of amides is 1. The van der Waals surface area contributed by atoms with E-state index in [1.165, 1.54) is 23.5 Å². The third-order valence-corrected chi connectivity index (χ3v) is 7.43. The van der Waals surface area contributed by atoms with Crippen molar-refractivity contribution in [3.05, 3.63) is 59.7 Å². The van der Waals surface area contributed by atoms with Crippen molar-refractivity contribution in [2.45, 2.75) is 50.0 Å². The molecule has 0 aliphatic carbocycles. The van der Waals surface area contributed by atoms with Gasteiger partial charge in [-0.15, -0.1) is 0 Å². The zero-order chi connectivity index (χ0) is 21.6. The van der Waals surface area contributed by atoms with Gasteiger partial charge in [-0.25, -0.2) is 8.42 Å². The fraction of sp³-hybridized carbons (Fsp3) is 0.435. The molecule has 0 aromatic heterocycles. The molecule has 7 heteroatoms. The molecule has 1 amide bonds. The van der Waals surface area contributed by atoms with Gasteiger partial charge in [0.15, 0.2) is 0 Å². The second kappa shape index (κ2) is 10.1. The van der Waals surface area contributed by atoms with Crippen LogP contribution in [0, 0.1) is 0 Å². The number of carbonyl (C=O) groups is 1. The third kappa shape index (κ3) is 5.02. The lowest BCUT2D eigenvalue weighted by Gasteiger charge is -2.21. The van der Waals surface area contributed by atoms with E-state index in [1.807, 2.05) is 37.3 Å². The summed E-state index contributed by atoms with van der Waals surface area (Å²) in [5.41, 5.74) is 1.23. The van der Waals surface area contributed by atoms with Gasteiger partial charge in [0, 0.05) is 13.1 Å². The molecule has 1 heterocycles. The van der Waals surface area contributed by atoms with Crippen LogP contribution in [-0.4, -0.2) is 38.8 Å². The molecular weight excluding hydrogens is 400 g/mol. The lowest BCUT2D eigenvalue weighted by Crippen LogP contribution is -2.32. The maximum absolute atomic E-state index is 13.2. The van der Waals surface area contributed by atoms with E-state index >= 15 is 0 Å². The molecule has 0 unspecified atom stereocenters. The summed E-state index contributed by atoms with van der Waals surface area (Å²) in [5, 5.41) is 3.01. The van der Waals surface area contributed by atoms with Crippen molar-refractivity contribution in [1.82, 2.24) is 9.62 Å². The van der Waals surface area contributed by atoms with Gasteiger partial charge in [-0.1, -0.05) is 50.1 Å². The smallest absolute Gasteiger partial charge is 0.255 e. The van der Waals surface area contributed by atoms with Crippen LogP contribution >= 0.6 is 0 Å². The Morgan fingerprint density at radius 2 is 1.73 bits per heavy atom. The van der Waals surface area contributed by atoms with Gasteiger partial charge in [-0.3, -0.25) is 4.79 Å². The normalized spacial score (nSPS) is 16.5. The molecule has 2 aromatic carbocycles. The SMILES string of the molecule is CC[C@H](NC(=O)c1cc(S(=O)(=O)N2CCCCCC2)ccc1OC)c1ccccc1. The second-order valence-corrected chi connectivity index (χ2v) is 9.46. The van der Waals surface area contributed by atoms with Crippen molar-refractivity contribution in [3.63, 3.8) is 0 Å². The van der Waals surface area contributed by atoms with Crippen molar-refractivity contribution >= 4 is 15.9 Å². The zero-order valence-electron chi connectivity index (χ0n) is 17.6. The van der Waals surface area contributed by atoms with Crippen molar-refractivity contribution in [3.8, 4) is 5.75 Å². The molecule has 1 aliphatic heterocycles. The van der Waals surface area contributed by atoms with Crippen LogP contribution in [0.1, 0.15) is 61.0 Å². The molecule has 6 nitrogen and oxygen atoms in total. The average Bonchev–Trinajstić information content (AvgIpc) is 3.07. The van der Waals surface area contributed by atoms with Gasteiger partial charge in [0.1, 0.15) is 5.75 Å². The quantitative estimate of drug-likeness (QED) is 0.716. The van der Waals surface area contributed by atoms with Crippen LogP contribution in [-0.2, 0) is 10.0 Å². The number of nitrogens with zero attached hydrogens (tertiary/aromatic N) is 1. The molecular formula is C23H30N2O4S. The number of sulfonamides is 1. The van der Waals surface area contributed by atoms with Crippen LogP contribution in [0.5, 0.6) is 5.75 Å². The van der Waals surface area contributed by atoms with Gasteiger partial charge < -0.3 is 10.1 Å². The Kier molecular flexibility index (Phi) is 7.50. The molecule has 2 aromatic rings. The molecule has 0 bridgehead atoms. The van der Waals surface area contributed by atoms with Gasteiger partial charge in [-0.2, -0.15) is 4.31 Å². The van der Waals surface area contributed by atoms with Crippen LogP contribution < -0.4 is 10.1 Å². The van der Waals surface area contributed by atoms with Crippen LogP contribution in [0.3, 0.4) is 0 Å². The minimum atomic E-state index is -3.65. The second-order valence-electron chi connectivity index (χ2n) is 7.53. The summed E-state index contributed by atoms with van der Waals surface area (Å²) in [6.07, 6.45) is 4.51. The Labute approximate surface area is 179 Å². The standard InChI is InChI=1S/C23H30N2O4S/c1-3-21(18-11-7-6-8-12-18)24-23(26)20-17-19(13-14-22(20)29-2)30(27,28)25-15-9-4-5-10-16-25/h6-8,11-14,17,21H,3-5,9-10,15-16H2,1-2H3,(H,24,26)/t21-/m0/s1. The summed E-state index contributed by atoms with van der Waals surface area (Å²) in [5.74, 6) is 0.000649. The summed E-state index contributed by atoms with van der Waals surface area (Å²) in [7, 11) is -2.18. The Morgan fingerprint density at radius 1 is 1.07 bits per heavy atom. The van der Waals surface area contributed by atoms with E-state index in [0.717, 1.165) is 31.2 Å². The summed E-state index contributed by atoms with van der Waals surface area (Å²) in [4.78, 5) is 13.2. The summed E-state index contributed by atoms with van der Waals surface area (Å²) >= 11 is 0. The highest BCUT2D eigenvalue weighted by Crippen LogP contribution is 2.27. The Morgan fingerprint density at radius 3 is 2.33 bits per heavy atom. The number of benzene rings is 2. The van der Waals surface area contributed by atoms with Crippen molar-refractivity contribution in [2.75, 3.05) is 20.2 Å². The Balaban J connectivity index is 1.89. The number of nitrogens with one attached hydrogen (secondary N) is 1. The largest absolute Gasteiger partial charge is 0.496 e. The molecule has 1 N–H and O–H groups in total. The lowest BCUT2D eigenvalue weighted by molar-refractivity contribution is 0.0932. The first-order valence-electron chi connectivity index (χ1n) is 10.5. The van der Waals surface area contributed by atoms with Crippen LogP contribution in [0.2, 0.25) is 0 Å². The number of ether oxygens (including phenoxy) is 1. The molecule has 1 aliphatic rings. The van der Waals surface area contributed by atoms with E-state index in [2.05, 4.69) is 5.32 Å². The predicted molar refractivity (Wildman–Crippen MR) is 117 cm³/mol. The van der Waals surface area contributed by atoms with E-state index in [-0.39, 0.29) is 22.4 Å². The van der Waals surface area contributed by atoms with Gasteiger partial charge in [0.05, 0.1) is 23.6 Å². The third-order valence-electron chi connectivity index (χ3n) is 5.53. The predicted octanol–water partition coefficient (Wildman–Crippen LogP) is 4.14. The molecule has 0 saturated carbocycles. The number of hydrogen-bond acceptors (Lipinski definition) is 4. The number of carbonyl (C=O) groups excluding carboxylic acids is 1. The summed E-state index contributed by atoms with van der Waals surface area (Å²) < 4.78 is 33.2. The molecule has 1 fully saturated rings. The average molecular weight is 431 g/mol. The highest BCUT2D eigenvalue weighted by Gasteiger charge is 2.27. The molecule has 162 valence electrons. The first-order valence-corrected chi connectivity index (χ1v) is 12.0. The number of hydrogen-bond donors (Lipinski definition) is 1. The van der Waals surface area contributed by atoms with Crippen LogP contribution in [0.25, 0.3) is 0 Å². The monoisotopic (exact) mass is 430 g/mol. The Bertz CT molecular complexity index is 952. The highest BCUT2D eigenvalue weighted by molar-refractivity contribution is 7.89. The summed E-state index contributed by atoms with van der Waals surface area (Å²) in [6.45, 7) is 3.03. The first kappa shape index (κ1) is 22.3. The van der Waals surface area contributed by atoms with Gasteiger partial charge in [0.25, 0.3) is 5.91 Å². The maximum Gasteiger partial charge on any atom is 0.255 e. The van der Waals surface area contributed by atoms with Crippen LogP contribution in [0.15, 0.2) is 53.4 Å². The molecule has 30 heavy (non-hydrogen) atoms. The number of methoxy groups -OCH3 is 1. The fourth-order valence-electron chi connectivity index (χ4n) is 3.80. The van der Waals surface area contributed by atoms with E-state index in [4.69, 9.17) is 4.74 Å². The van der Waals surface area contributed by atoms with Crippen molar-refractivity contribution < 1.29 is 17.9 Å². The van der Waals surface area contributed by atoms with Crippen molar-refractivity contribution in [2.24, 2.45) is 0 Å². The molecule has 3 rings (SSSR count). The summed E-state index contributed by atoms with van der Waals surface area (Å²) in [6, 6.07) is 14.1. The Hall–Kier alpha value is -2.38. The molecule has 0 radical (unpaired) electrons.